The number of H-pyrrole nitrogens is 1. The fraction of sp³-hybridized carbons (Fsp3) is 0.429. The Kier molecular flexibility index (Phi) is 2.69. The number of nitrogens with two attached hydrogens (primary N) is 1. The van der Waals surface area contributed by atoms with Crippen molar-refractivity contribution in [3.8, 4) is 0 Å². The number of aromatic amines is 1. The molecule has 19 heavy (non-hydrogen) atoms. The molecule has 2 aromatic rings. The first-order valence-corrected chi connectivity index (χ1v) is 6.70. The number of hydrogen-bond donors (Lipinski definition) is 3. The quantitative estimate of drug-likeness (QED) is 0.737. The number of aromatic nitrogens is 2. The second-order valence-corrected chi connectivity index (χ2v) is 5.30. The Labute approximate surface area is 111 Å². The molecule has 0 atom stereocenters. The van der Waals surface area contributed by atoms with Gasteiger partial charge in [0, 0.05) is 11.2 Å². The second-order valence-electron chi connectivity index (χ2n) is 5.30. The largest absolute Gasteiger partial charge is 0.399 e. The van der Waals surface area contributed by atoms with Gasteiger partial charge in [-0.3, -0.25) is 9.78 Å². The molecule has 1 saturated carbocycles. The Morgan fingerprint density at radius 2 is 2.26 bits per heavy atom. The number of anilines is 2. The minimum atomic E-state index is -0.148. The summed E-state index contributed by atoms with van der Waals surface area (Å²) in [5.74, 6) is 0.559. The second kappa shape index (κ2) is 4.26. The molecule has 4 N–H and O–H groups in total. The molecule has 100 valence electrons. The molecule has 1 fully saturated rings. The maximum atomic E-state index is 12.0. The first kappa shape index (κ1) is 12.0. The molecule has 1 aromatic carbocycles. The molecule has 3 rings (SSSR count). The fourth-order valence-corrected chi connectivity index (χ4v) is 2.64. The predicted molar refractivity (Wildman–Crippen MR) is 77.3 cm³/mol. The third-order valence-corrected chi connectivity index (χ3v) is 4.10. The molecule has 0 bridgehead atoms. The van der Waals surface area contributed by atoms with Crippen LogP contribution in [-0.2, 0) is 0 Å². The molecule has 1 aromatic heterocycles. The zero-order chi connectivity index (χ0) is 13.5. The van der Waals surface area contributed by atoms with Crippen LogP contribution in [0.2, 0.25) is 0 Å². The van der Waals surface area contributed by atoms with Gasteiger partial charge in [-0.05, 0) is 43.9 Å². The third-order valence-electron chi connectivity index (χ3n) is 4.10. The predicted octanol–water partition coefficient (Wildman–Crippen LogP) is 2.25. The molecule has 1 heterocycles. The average Bonchev–Trinajstić information content (AvgIpc) is 2.35. The van der Waals surface area contributed by atoms with E-state index in [1.54, 1.807) is 18.2 Å². The van der Waals surface area contributed by atoms with Crippen molar-refractivity contribution in [1.29, 1.82) is 0 Å². The molecule has 1 aliphatic carbocycles. The van der Waals surface area contributed by atoms with E-state index in [0.717, 1.165) is 19.3 Å². The van der Waals surface area contributed by atoms with Crippen molar-refractivity contribution < 1.29 is 0 Å². The number of nitrogens with zero attached hydrogens (tertiary/aromatic N) is 1. The Balaban J connectivity index is 2.01. The lowest BCUT2D eigenvalue weighted by Crippen LogP contribution is -2.45. The van der Waals surface area contributed by atoms with Crippen LogP contribution in [0.25, 0.3) is 10.9 Å². The highest BCUT2D eigenvalue weighted by Crippen LogP contribution is 2.37. The molecule has 0 unspecified atom stereocenters. The van der Waals surface area contributed by atoms with Crippen LogP contribution >= 0.6 is 0 Å². The first-order chi connectivity index (χ1) is 9.12. The summed E-state index contributed by atoms with van der Waals surface area (Å²) >= 11 is 0. The number of rotatable bonds is 3. The molecule has 5 nitrogen and oxygen atoms in total. The maximum Gasteiger partial charge on any atom is 0.260 e. The third kappa shape index (κ3) is 2.05. The van der Waals surface area contributed by atoms with Crippen molar-refractivity contribution >= 4 is 22.5 Å². The zero-order valence-corrected chi connectivity index (χ0v) is 11.0. The summed E-state index contributed by atoms with van der Waals surface area (Å²) in [7, 11) is 0. The van der Waals surface area contributed by atoms with Gasteiger partial charge in [0.1, 0.15) is 0 Å². The van der Waals surface area contributed by atoms with Crippen molar-refractivity contribution in [2.45, 2.75) is 38.1 Å². The fourth-order valence-electron chi connectivity index (χ4n) is 2.64. The van der Waals surface area contributed by atoms with E-state index in [9.17, 15) is 4.79 Å². The van der Waals surface area contributed by atoms with Crippen molar-refractivity contribution in [3.05, 3.63) is 28.6 Å². The van der Waals surface area contributed by atoms with E-state index >= 15 is 0 Å². The summed E-state index contributed by atoms with van der Waals surface area (Å²) in [4.78, 5) is 19.3. The lowest BCUT2D eigenvalue weighted by molar-refractivity contribution is 0.268. The summed E-state index contributed by atoms with van der Waals surface area (Å²) < 4.78 is 0. The highest BCUT2D eigenvalue weighted by molar-refractivity contribution is 5.81. The van der Waals surface area contributed by atoms with Gasteiger partial charge >= 0.3 is 0 Å². The van der Waals surface area contributed by atoms with Crippen LogP contribution in [0.15, 0.2) is 23.0 Å². The average molecular weight is 258 g/mol. The highest BCUT2D eigenvalue weighted by Gasteiger charge is 2.35. The van der Waals surface area contributed by atoms with Gasteiger partial charge in [0.2, 0.25) is 5.95 Å². The molecule has 0 amide bonds. The van der Waals surface area contributed by atoms with Crippen molar-refractivity contribution in [2.75, 3.05) is 11.1 Å². The number of fused-ring (bicyclic) bond motifs is 1. The van der Waals surface area contributed by atoms with E-state index in [1.807, 2.05) is 0 Å². The summed E-state index contributed by atoms with van der Waals surface area (Å²) in [5, 5.41) is 3.92. The minimum Gasteiger partial charge on any atom is -0.399 e. The maximum absolute atomic E-state index is 12.0. The van der Waals surface area contributed by atoms with Crippen LogP contribution in [-0.4, -0.2) is 15.5 Å². The lowest BCUT2D eigenvalue weighted by atomic mass is 9.75. The van der Waals surface area contributed by atoms with Gasteiger partial charge < -0.3 is 11.1 Å². The van der Waals surface area contributed by atoms with E-state index in [1.165, 1.54) is 6.42 Å². The number of nitrogens with one attached hydrogen (secondary N) is 2. The molecule has 0 aliphatic heterocycles. The topological polar surface area (TPSA) is 83.8 Å². The summed E-state index contributed by atoms with van der Waals surface area (Å²) in [6.07, 6.45) is 4.53. The molecular formula is C14H18N4O. The lowest BCUT2D eigenvalue weighted by Gasteiger charge is -2.42. The van der Waals surface area contributed by atoms with Crippen LogP contribution < -0.4 is 16.6 Å². The SMILES string of the molecule is CCC1(Nc2nc3ccc(N)cc3c(=O)[nH]2)CCC1. The normalized spacial score (nSPS) is 17.1. The van der Waals surface area contributed by atoms with Crippen LogP contribution in [0.4, 0.5) is 11.6 Å². The molecule has 0 radical (unpaired) electrons. The Bertz CT molecular complexity index is 667. The van der Waals surface area contributed by atoms with E-state index in [4.69, 9.17) is 5.73 Å². The van der Waals surface area contributed by atoms with Crippen molar-refractivity contribution in [3.63, 3.8) is 0 Å². The van der Waals surface area contributed by atoms with Gasteiger partial charge in [-0.15, -0.1) is 0 Å². The highest BCUT2D eigenvalue weighted by atomic mass is 16.1. The molecule has 0 spiro atoms. The number of nitrogen functional groups attached to an aromatic ring is 1. The van der Waals surface area contributed by atoms with Gasteiger partial charge in [0.15, 0.2) is 0 Å². The minimum absolute atomic E-state index is 0.109. The standard InChI is InChI=1S/C14H18N4O/c1-2-14(6-3-7-14)18-13-16-11-5-4-9(15)8-10(11)12(19)17-13/h4-5,8H,2-3,6-7,15H2,1H3,(H2,16,17,18,19). The molecule has 5 heteroatoms. The van der Waals surface area contributed by atoms with Gasteiger partial charge in [-0.1, -0.05) is 6.92 Å². The van der Waals surface area contributed by atoms with E-state index in [0.29, 0.717) is 22.5 Å². The number of benzene rings is 1. The Morgan fingerprint density at radius 1 is 1.47 bits per heavy atom. The van der Waals surface area contributed by atoms with Gasteiger partial charge in [-0.2, -0.15) is 0 Å². The van der Waals surface area contributed by atoms with E-state index < -0.39 is 0 Å². The van der Waals surface area contributed by atoms with Gasteiger partial charge in [0.05, 0.1) is 10.9 Å². The van der Waals surface area contributed by atoms with Crippen molar-refractivity contribution in [1.82, 2.24) is 9.97 Å². The number of hydrogen-bond acceptors (Lipinski definition) is 4. The molecule has 1 aliphatic rings. The van der Waals surface area contributed by atoms with E-state index in [2.05, 4.69) is 22.2 Å². The van der Waals surface area contributed by atoms with Gasteiger partial charge in [-0.25, -0.2) is 4.98 Å². The van der Waals surface area contributed by atoms with Crippen LogP contribution in [0.5, 0.6) is 0 Å². The smallest absolute Gasteiger partial charge is 0.260 e. The van der Waals surface area contributed by atoms with Gasteiger partial charge in [0.25, 0.3) is 5.56 Å². The van der Waals surface area contributed by atoms with Crippen LogP contribution in [0, 0.1) is 0 Å². The van der Waals surface area contributed by atoms with Crippen molar-refractivity contribution in [2.24, 2.45) is 0 Å². The zero-order valence-electron chi connectivity index (χ0n) is 11.0. The van der Waals surface area contributed by atoms with Crippen LogP contribution in [0.1, 0.15) is 32.6 Å². The summed E-state index contributed by atoms with van der Waals surface area (Å²) in [5.41, 5.74) is 6.90. The van der Waals surface area contributed by atoms with Crippen LogP contribution in [0.3, 0.4) is 0 Å². The Morgan fingerprint density at radius 3 is 2.89 bits per heavy atom. The monoisotopic (exact) mass is 258 g/mol. The summed E-state index contributed by atoms with van der Waals surface area (Å²) in [6, 6.07) is 5.20. The molecular weight excluding hydrogens is 240 g/mol. The summed E-state index contributed by atoms with van der Waals surface area (Å²) in [6.45, 7) is 2.16. The first-order valence-electron chi connectivity index (χ1n) is 6.70. The Hall–Kier alpha value is -2.04. The van der Waals surface area contributed by atoms with E-state index in [-0.39, 0.29) is 11.1 Å². The molecule has 0 saturated heterocycles.